The lowest BCUT2D eigenvalue weighted by molar-refractivity contribution is -0.155. The minimum absolute atomic E-state index is 0.00306. The van der Waals surface area contributed by atoms with Crippen molar-refractivity contribution in [3.05, 3.63) is 34.9 Å². The number of carbonyl (C=O) groups excluding carboxylic acids is 2. The van der Waals surface area contributed by atoms with Gasteiger partial charge in [0.2, 0.25) is 5.91 Å². The molecular weight excluding hydrogens is 366 g/mol. The van der Waals surface area contributed by atoms with Crippen LogP contribution in [0.1, 0.15) is 38.4 Å². The van der Waals surface area contributed by atoms with Crippen LogP contribution in [0.2, 0.25) is 5.02 Å². The largest absolute Gasteiger partial charge is 0.369 e. The van der Waals surface area contributed by atoms with Gasteiger partial charge < -0.3 is 19.4 Å². The molecule has 6 nitrogen and oxygen atoms in total. The molecule has 0 aromatic heterocycles. The number of amides is 3. The number of nitrogens with zero attached hydrogens (tertiary/aromatic N) is 3. The fourth-order valence-corrected chi connectivity index (χ4v) is 4.12. The number of morpholine rings is 1. The number of halogens is 1. The van der Waals surface area contributed by atoms with Gasteiger partial charge in [-0.2, -0.15) is 0 Å². The Bertz CT molecular complexity index is 750. The molecular formula is C20H26ClN3O3. The zero-order valence-electron chi connectivity index (χ0n) is 15.9. The van der Waals surface area contributed by atoms with E-state index in [4.69, 9.17) is 16.3 Å². The molecule has 146 valence electrons. The third kappa shape index (κ3) is 3.78. The second-order valence-corrected chi connectivity index (χ2v) is 8.74. The summed E-state index contributed by atoms with van der Waals surface area (Å²) in [6, 6.07) is 7.96. The average molecular weight is 392 g/mol. The maximum absolute atomic E-state index is 13.1. The van der Waals surface area contributed by atoms with E-state index in [2.05, 4.69) is 0 Å². The highest BCUT2D eigenvalue weighted by Gasteiger charge is 2.42. The number of hydrogen-bond acceptors (Lipinski definition) is 3. The molecule has 1 unspecified atom stereocenters. The molecule has 1 saturated carbocycles. The number of hydrogen-bond donors (Lipinski definition) is 0. The Morgan fingerprint density at radius 1 is 1.30 bits per heavy atom. The van der Waals surface area contributed by atoms with Crippen LogP contribution in [0, 0.1) is 0 Å². The summed E-state index contributed by atoms with van der Waals surface area (Å²) in [6.45, 7) is 6.40. The number of carbonyl (C=O) groups is 2. The first-order valence-corrected chi connectivity index (χ1v) is 9.96. The molecule has 3 aliphatic rings. The number of benzene rings is 1. The van der Waals surface area contributed by atoms with E-state index < -0.39 is 5.54 Å². The Morgan fingerprint density at radius 3 is 2.78 bits per heavy atom. The highest BCUT2D eigenvalue weighted by atomic mass is 35.5. The lowest BCUT2D eigenvalue weighted by Gasteiger charge is -2.46. The Morgan fingerprint density at radius 2 is 2.07 bits per heavy atom. The van der Waals surface area contributed by atoms with Crippen molar-refractivity contribution >= 4 is 23.5 Å². The minimum Gasteiger partial charge on any atom is -0.369 e. The molecule has 0 spiro atoms. The molecule has 0 N–H and O–H groups in total. The molecule has 3 fully saturated rings. The second kappa shape index (κ2) is 6.99. The summed E-state index contributed by atoms with van der Waals surface area (Å²) in [5, 5.41) is 0.654. The third-order valence-electron chi connectivity index (χ3n) is 5.68. The third-order valence-corrected chi connectivity index (χ3v) is 5.91. The Balaban J connectivity index is 1.45. The summed E-state index contributed by atoms with van der Waals surface area (Å²) in [5.74, 6) is -0.0266. The maximum atomic E-state index is 13.1. The number of ether oxygens (including phenoxy) is 1. The van der Waals surface area contributed by atoms with Crippen LogP contribution in [0.25, 0.3) is 0 Å². The topological polar surface area (TPSA) is 53.1 Å². The molecule has 3 amide bonds. The van der Waals surface area contributed by atoms with Crippen molar-refractivity contribution in [2.45, 2.75) is 44.4 Å². The fraction of sp³-hybridized carbons (Fsp3) is 0.600. The molecule has 1 aromatic carbocycles. The van der Waals surface area contributed by atoms with Crippen LogP contribution in [0.15, 0.2) is 24.3 Å². The van der Waals surface area contributed by atoms with Crippen molar-refractivity contribution < 1.29 is 14.3 Å². The van der Waals surface area contributed by atoms with Crippen LogP contribution in [-0.4, -0.2) is 71.0 Å². The quantitative estimate of drug-likeness (QED) is 0.793. The zero-order valence-corrected chi connectivity index (χ0v) is 16.6. The van der Waals surface area contributed by atoms with Gasteiger partial charge in [-0.25, -0.2) is 4.79 Å². The highest BCUT2D eigenvalue weighted by Crippen LogP contribution is 2.32. The van der Waals surface area contributed by atoms with E-state index in [1.54, 1.807) is 4.90 Å². The highest BCUT2D eigenvalue weighted by molar-refractivity contribution is 6.30. The number of urea groups is 1. The molecule has 1 atom stereocenters. The Kier molecular flexibility index (Phi) is 4.80. The van der Waals surface area contributed by atoms with Crippen LogP contribution in [-0.2, 0) is 9.53 Å². The van der Waals surface area contributed by atoms with Gasteiger partial charge in [0, 0.05) is 24.2 Å². The van der Waals surface area contributed by atoms with Crippen LogP contribution in [0.3, 0.4) is 0 Å². The SMILES string of the molecule is CC1(C)COC(c2cccc(Cl)c2)CN1C(=O)CN1CCN(C2CC2)C1=O. The molecule has 4 rings (SSSR count). The van der Waals surface area contributed by atoms with Crippen LogP contribution in [0.4, 0.5) is 4.79 Å². The zero-order chi connectivity index (χ0) is 19.2. The smallest absolute Gasteiger partial charge is 0.320 e. The lowest BCUT2D eigenvalue weighted by atomic mass is 9.98. The molecule has 27 heavy (non-hydrogen) atoms. The van der Waals surface area contributed by atoms with E-state index in [-0.39, 0.29) is 24.6 Å². The van der Waals surface area contributed by atoms with Crippen molar-refractivity contribution in [2.24, 2.45) is 0 Å². The maximum Gasteiger partial charge on any atom is 0.320 e. The fourth-order valence-electron chi connectivity index (χ4n) is 3.92. The van der Waals surface area contributed by atoms with Crippen molar-refractivity contribution in [1.82, 2.24) is 14.7 Å². The van der Waals surface area contributed by atoms with Gasteiger partial charge in [0.1, 0.15) is 12.6 Å². The van der Waals surface area contributed by atoms with Crippen molar-refractivity contribution in [2.75, 3.05) is 32.8 Å². The van der Waals surface area contributed by atoms with Gasteiger partial charge in [-0.3, -0.25) is 4.79 Å². The van der Waals surface area contributed by atoms with Gasteiger partial charge in [0.05, 0.1) is 18.7 Å². The molecule has 1 aromatic rings. The molecule has 2 aliphatic heterocycles. The molecule has 7 heteroatoms. The van der Waals surface area contributed by atoms with Crippen LogP contribution < -0.4 is 0 Å². The average Bonchev–Trinajstić information content (AvgIpc) is 3.39. The summed E-state index contributed by atoms with van der Waals surface area (Å²) >= 11 is 6.11. The molecule has 1 aliphatic carbocycles. The first-order valence-electron chi connectivity index (χ1n) is 9.58. The van der Waals surface area contributed by atoms with E-state index in [1.165, 1.54) is 0 Å². The Labute approximate surface area is 165 Å². The predicted molar refractivity (Wildman–Crippen MR) is 103 cm³/mol. The lowest BCUT2D eigenvalue weighted by Crippen LogP contribution is -2.58. The standard InChI is InChI=1S/C20H26ClN3O3/c1-20(2)13-27-17(14-4-3-5-15(21)10-14)11-24(20)18(25)12-22-8-9-23(19(22)26)16-6-7-16/h3-5,10,16-17H,6-9,11-13H2,1-2H3. The molecule has 0 bridgehead atoms. The number of rotatable bonds is 4. The van der Waals surface area contributed by atoms with Gasteiger partial charge in [0.15, 0.2) is 0 Å². The van der Waals surface area contributed by atoms with Crippen LogP contribution >= 0.6 is 11.6 Å². The van der Waals surface area contributed by atoms with E-state index in [0.717, 1.165) is 24.9 Å². The second-order valence-electron chi connectivity index (χ2n) is 8.30. The van der Waals surface area contributed by atoms with Gasteiger partial charge in [-0.05, 0) is 44.4 Å². The van der Waals surface area contributed by atoms with Crippen molar-refractivity contribution in [3.8, 4) is 0 Å². The summed E-state index contributed by atoms with van der Waals surface area (Å²) in [5.41, 5.74) is 0.554. The summed E-state index contributed by atoms with van der Waals surface area (Å²) < 4.78 is 6.02. The van der Waals surface area contributed by atoms with E-state index in [0.29, 0.717) is 30.8 Å². The minimum atomic E-state index is -0.412. The molecule has 2 saturated heterocycles. The molecule has 2 heterocycles. The van der Waals surface area contributed by atoms with Crippen molar-refractivity contribution in [3.63, 3.8) is 0 Å². The van der Waals surface area contributed by atoms with Crippen LogP contribution in [0.5, 0.6) is 0 Å². The van der Waals surface area contributed by atoms with E-state index in [9.17, 15) is 9.59 Å². The molecule has 0 radical (unpaired) electrons. The first-order chi connectivity index (χ1) is 12.8. The Hall–Kier alpha value is -1.79. The normalized spacial score (nSPS) is 25.2. The summed E-state index contributed by atoms with van der Waals surface area (Å²) in [7, 11) is 0. The predicted octanol–water partition coefficient (Wildman–Crippen LogP) is 2.92. The monoisotopic (exact) mass is 391 g/mol. The van der Waals surface area contributed by atoms with E-state index in [1.807, 2.05) is 47.9 Å². The summed E-state index contributed by atoms with van der Waals surface area (Å²) in [4.78, 5) is 31.1. The van der Waals surface area contributed by atoms with Gasteiger partial charge in [-0.15, -0.1) is 0 Å². The first kappa shape index (κ1) is 18.6. The summed E-state index contributed by atoms with van der Waals surface area (Å²) in [6.07, 6.45) is 1.97. The van der Waals surface area contributed by atoms with Gasteiger partial charge in [0.25, 0.3) is 0 Å². The van der Waals surface area contributed by atoms with Gasteiger partial charge >= 0.3 is 6.03 Å². The van der Waals surface area contributed by atoms with E-state index >= 15 is 0 Å². The van der Waals surface area contributed by atoms with Crippen molar-refractivity contribution in [1.29, 1.82) is 0 Å². The van der Waals surface area contributed by atoms with Gasteiger partial charge in [-0.1, -0.05) is 23.7 Å².